The van der Waals surface area contributed by atoms with E-state index in [0.29, 0.717) is 19.3 Å². The predicted octanol–water partition coefficient (Wildman–Crippen LogP) is 3.01. The van der Waals surface area contributed by atoms with Gasteiger partial charge < -0.3 is 14.8 Å². The van der Waals surface area contributed by atoms with Crippen LogP contribution >= 0.6 is 11.6 Å². The quantitative estimate of drug-likeness (QED) is 0.834. The molecule has 1 aliphatic rings. The van der Waals surface area contributed by atoms with E-state index in [4.69, 9.17) is 21.1 Å². The third-order valence-corrected chi connectivity index (χ3v) is 3.50. The zero-order valence-electron chi connectivity index (χ0n) is 11.4. The van der Waals surface area contributed by atoms with Crippen molar-refractivity contribution in [3.05, 3.63) is 34.9 Å². The van der Waals surface area contributed by atoms with Crippen molar-refractivity contribution in [3.63, 3.8) is 0 Å². The molecule has 1 aromatic carbocycles. The van der Waals surface area contributed by atoms with Crippen molar-refractivity contribution in [3.8, 4) is 0 Å². The van der Waals surface area contributed by atoms with Gasteiger partial charge in [0.2, 0.25) is 0 Å². The third kappa shape index (κ3) is 5.11. The van der Waals surface area contributed by atoms with E-state index in [-0.39, 0.29) is 6.29 Å². The first-order valence-corrected chi connectivity index (χ1v) is 7.36. The molecule has 1 aromatic rings. The summed E-state index contributed by atoms with van der Waals surface area (Å²) < 4.78 is 11.1. The average molecular weight is 284 g/mol. The van der Waals surface area contributed by atoms with Crippen LogP contribution in [-0.2, 0) is 15.9 Å². The Balaban J connectivity index is 1.89. The molecular weight excluding hydrogens is 262 g/mol. The summed E-state index contributed by atoms with van der Waals surface area (Å²) in [6.45, 7) is 4.62. The number of rotatable bonds is 7. The molecule has 4 heteroatoms. The summed E-state index contributed by atoms with van der Waals surface area (Å²) in [5.41, 5.74) is 1.29. The van der Waals surface area contributed by atoms with Gasteiger partial charge in [0, 0.05) is 17.5 Å². The highest BCUT2D eigenvalue weighted by atomic mass is 35.5. The SMILES string of the molecule is CCCNC(Cc1ccc(Cl)cc1)CC1OCCO1. The number of hydrogen-bond acceptors (Lipinski definition) is 3. The molecule has 1 fully saturated rings. The van der Waals surface area contributed by atoms with Crippen LogP contribution < -0.4 is 5.32 Å². The summed E-state index contributed by atoms with van der Waals surface area (Å²) in [5.74, 6) is 0. The molecule has 1 saturated heterocycles. The van der Waals surface area contributed by atoms with E-state index in [1.807, 2.05) is 12.1 Å². The molecule has 0 radical (unpaired) electrons. The molecule has 0 saturated carbocycles. The smallest absolute Gasteiger partial charge is 0.159 e. The van der Waals surface area contributed by atoms with Crippen molar-refractivity contribution in [2.45, 2.75) is 38.5 Å². The largest absolute Gasteiger partial charge is 0.350 e. The summed E-state index contributed by atoms with van der Waals surface area (Å²) in [4.78, 5) is 0. The second-order valence-electron chi connectivity index (χ2n) is 4.89. The number of nitrogens with one attached hydrogen (secondary N) is 1. The van der Waals surface area contributed by atoms with E-state index in [9.17, 15) is 0 Å². The van der Waals surface area contributed by atoms with Crippen molar-refractivity contribution in [1.82, 2.24) is 5.32 Å². The van der Waals surface area contributed by atoms with Crippen molar-refractivity contribution >= 4 is 11.6 Å². The van der Waals surface area contributed by atoms with Gasteiger partial charge in [0.25, 0.3) is 0 Å². The number of hydrogen-bond donors (Lipinski definition) is 1. The molecule has 1 unspecified atom stereocenters. The van der Waals surface area contributed by atoms with E-state index in [1.54, 1.807) is 0 Å². The molecule has 0 aliphatic carbocycles. The number of halogens is 1. The maximum Gasteiger partial charge on any atom is 0.159 e. The van der Waals surface area contributed by atoms with E-state index in [0.717, 1.165) is 30.8 Å². The highest BCUT2D eigenvalue weighted by molar-refractivity contribution is 6.30. The Morgan fingerprint density at radius 2 is 1.95 bits per heavy atom. The van der Waals surface area contributed by atoms with Crippen LogP contribution in [-0.4, -0.2) is 32.1 Å². The van der Waals surface area contributed by atoms with Gasteiger partial charge in [-0.3, -0.25) is 0 Å². The fourth-order valence-corrected chi connectivity index (χ4v) is 2.39. The fourth-order valence-electron chi connectivity index (χ4n) is 2.27. The first-order chi connectivity index (χ1) is 9.28. The molecule has 0 spiro atoms. The summed E-state index contributed by atoms with van der Waals surface area (Å²) >= 11 is 5.91. The van der Waals surface area contributed by atoms with Gasteiger partial charge >= 0.3 is 0 Å². The summed E-state index contributed by atoms with van der Waals surface area (Å²) in [7, 11) is 0. The summed E-state index contributed by atoms with van der Waals surface area (Å²) in [6.07, 6.45) is 2.94. The minimum Gasteiger partial charge on any atom is -0.350 e. The molecule has 0 bridgehead atoms. The zero-order chi connectivity index (χ0) is 13.5. The minimum atomic E-state index is -0.0540. The van der Waals surface area contributed by atoms with Gasteiger partial charge in [-0.2, -0.15) is 0 Å². The Labute approximate surface area is 120 Å². The molecule has 3 nitrogen and oxygen atoms in total. The molecule has 0 aromatic heterocycles. The second kappa shape index (κ2) is 7.85. The minimum absolute atomic E-state index is 0.0540. The van der Waals surface area contributed by atoms with Gasteiger partial charge in [-0.1, -0.05) is 30.7 Å². The first kappa shape index (κ1) is 14.8. The Kier molecular flexibility index (Phi) is 6.11. The monoisotopic (exact) mass is 283 g/mol. The van der Waals surface area contributed by atoms with Crippen LogP contribution in [0, 0.1) is 0 Å². The molecule has 1 atom stereocenters. The average Bonchev–Trinajstić information content (AvgIpc) is 2.91. The fraction of sp³-hybridized carbons (Fsp3) is 0.600. The van der Waals surface area contributed by atoms with Gasteiger partial charge in [0.05, 0.1) is 13.2 Å². The van der Waals surface area contributed by atoms with Crippen LogP contribution in [0.25, 0.3) is 0 Å². The Morgan fingerprint density at radius 1 is 1.26 bits per heavy atom. The lowest BCUT2D eigenvalue weighted by Gasteiger charge is -2.21. The zero-order valence-corrected chi connectivity index (χ0v) is 12.2. The Morgan fingerprint density at radius 3 is 2.58 bits per heavy atom. The van der Waals surface area contributed by atoms with Crippen LogP contribution in [0.5, 0.6) is 0 Å². The standard InChI is InChI=1S/C15H22ClNO2/c1-2-7-17-14(11-15-18-8-9-19-15)10-12-3-5-13(16)6-4-12/h3-6,14-15,17H,2,7-11H2,1H3. The molecular formula is C15H22ClNO2. The molecule has 1 N–H and O–H groups in total. The Bertz CT molecular complexity index is 363. The topological polar surface area (TPSA) is 30.5 Å². The maximum atomic E-state index is 5.91. The number of benzene rings is 1. The number of ether oxygens (including phenoxy) is 2. The van der Waals surface area contributed by atoms with Crippen LogP contribution in [0.4, 0.5) is 0 Å². The van der Waals surface area contributed by atoms with Gasteiger partial charge in [-0.15, -0.1) is 0 Å². The van der Waals surface area contributed by atoms with Crippen molar-refractivity contribution in [2.75, 3.05) is 19.8 Å². The molecule has 2 rings (SSSR count). The van der Waals surface area contributed by atoms with Crippen LogP contribution in [0.2, 0.25) is 5.02 Å². The molecule has 19 heavy (non-hydrogen) atoms. The Hall–Kier alpha value is -0.610. The first-order valence-electron chi connectivity index (χ1n) is 6.99. The van der Waals surface area contributed by atoms with Gasteiger partial charge in [-0.05, 0) is 37.1 Å². The summed E-state index contributed by atoms with van der Waals surface area (Å²) in [5, 5.41) is 4.35. The normalized spacial score (nSPS) is 17.8. The third-order valence-electron chi connectivity index (χ3n) is 3.25. The highest BCUT2D eigenvalue weighted by Gasteiger charge is 2.21. The molecule has 106 valence electrons. The van der Waals surface area contributed by atoms with Crippen LogP contribution in [0.1, 0.15) is 25.3 Å². The summed E-state index contributed by atoms with van der Waals surface area (Å²) in [6, 6.07) is 8.43. The lowest BCUT2D eigenvalue weighted by atomic mass is 10.0. The van der Waals surface area contributed by atoms with Gasteiger partial charge in [0.1, 0.15) is 0 Å². The van der Waals surface area contributed by atoms with Crippen molar-refractivity contribution in [2.24, 2.45) is 0 Å². The van der Waals surface area contributed by atoms with Gasteiger partial charge in [0.15, 0.2) is 6.29 Å². The van der Waals surface area contributed by atoms with Crippen LogP contribution in [0.15, 0.2) is 24.3 Å². The van der Waals surface area contributed by atoms with E-state index >= 15 is 0 Å². The molecule has 1 aliphatic heterocycles. The van der Waals surface area contributed by atoms with Crippen molar-refractivity contribution < 1.29 is 9.47 Å². The van der Waals surface area contributed by atoms with Gasteiger partial charge in [-0.25, -0.2) is 0 Å². The predicted molar refractivity (Wildman–Crippen MR) is 77.5 cm³/mol. The molecule has 1 heterocycles. The van der Waals surface area contributed by atoms with E-state index in [1.165, 1.54) is 5.56 Å². The molecule has 0 amide bonds. The lowest BCUT2D eigenvalue weighted by Crippen LogP contribution is -2.35. The lowest BCUT2D eigenvalue weighted by molar-refractivity contribution is -0.0526. The van der Waals surface area contributed by atoms with E-state index in [2.05, 4.69) is 24.4 Å². The second-order valence-corrected chi connectivity index (χ2v) is 5.32. The van der Waals surface area contributed by atoms with Crippen molar-refractivity contribution in [1.29, 1.82) is 0 Å². The van der Waals surface area contributed by atoms with Crippen LogP contribution in [0.3, 0.4) is 0 Å². The highest BCUT2D eigenvalue weighted by Crippen LogP contribution is 2.16. The maximum absolute atomic E-state index is 5.91. The van der Waals surface area contributed by atoms with E-state index < -0.39 is 0 Å².